The third kappa shape index (κ3) is 2.28. The molecular weight excluding hydrogens is 292 g/mol. The average Bonchev–Trinajstić information content (AvgIpc) is 3.01. The van der Waals surface area contributed by atoms with E-state index in [2.05, 4.69) is 0 Å². The molecule has 0 bridgehead atoms. The lowest BCUT2D eigenvalue weighted by molar-refractivity contribution is -0.161. The van der Waals surface area contributed by atoms with Crippen molar-refractivity contribution >= 4 is 15.8 Å². The van der Waals surface area contributed by atoms with E-state index < -0.39 is 28.0 Å². The zero-order valence-corrected chi connectivity index (χ0v) is 12.6. The van der Waals surface area contributed by atoms with Gasteiger partial charge in [0.1, 0.15) is 0 Å². The summed E-state index contributed by atoms with van der Waals surface area (Å²) in [6.45, 7) is 1.90. The molecule has 0 N–H and O–H groups in total. The number of esters is 1. The van der Waals surface area contributed by atoms with Gasteiger partial charge in [-0.3, -0.25) is 4.79 Å². The Balaban J connectivity index is 1.94. The number of allylic oxidation sites excluding steroid dienone is 1. The maximum atomic E-state index is 12.6. The van der Waals surface area contributed by atoms with Crippen LogP contribution in [0.3, 0.4) is 0 Å². The molecule has 1 aliphatic heterocycles. The van der Waals surface area contributed by atoms with Crippen molar-refractivity contribution in [1.82, 2.24) is 0 Å². The zero-order valence-electron chi connectivity index (χ0n) is 11.8. The molecule has 5 nitrogen and oxygen atoms in total. The molecule has 0 spiro atoms. The first-order chi connectivity index (χ1) is 9.93. The highest BCUT2D eigenvalue weighted by Gasteiger charge is 2.49. The number of fused-ring (bicyclic) bond motifs is 1. The van der Waals surface area contributed by atoms with Gasteiger partial charge in [-0.1, -0.05) is 23.8 Å². The standard InChI is InChI=1S/C15H16O5S/c1-9-3-5-10(6-4-9)21(17,18)11-7-12-13(8-11)15(19-2)20-14(12)16/h3-6,8,12-13,15H,7H2,1-2H3/t12-,13+,15+/m0/s1. The Morgan fingerprint density at radius 3 is 2.52 bits per heavy atom. The lowest BCUT2D eigenvalue weighted by atomic mass is 9.98. The van der Waals surface area contributed by atoms with E-state index in [0.717, 1.165) is 5.56 Å². The van der Waals surface area contributed by atoms with Crippen LogP contribution in [0.2, 0.25) is 0 Å². The number of benzene rings is 1. The monoisotopic (exact) mass is 308 g/mol. The number of hydrogen-bond acceptors (Lipinski definition) is 5. The van der Waals surface area contributed by atoms with Crippen molar-refractivity contribution in [2.75, 3.05) is 7.11 Å². The average molecular weight is 308 g/mol. The highest BCUT2D eigenvalue weighted by atomic mass is 32.2. The molecule has 6 heteroatoms. The summed E-state index contributed by atoms with van der Waals surface area (Å²) in [5.74, 6) is -1.17. The first-order valence-electron chi connectivity index (χ1n) is 6.69. The number of methoxy groups -OCH3 is 1. The topological polar surface area (TPSA) is 69.7 Å². The molecule has 112 valence electrons. The summed E-state index contributed by atoms with van der Waals surface area (Å²) in [5.41, 5.74) is 0.995. The number of carbonyl (C=O) groups excluding carboxylic acids is 1. The second-order valence-corrected chi connectivity index (χ2v) is 7.38. The maximum Gasteiger partial charge on any atom is 0.312 e. The van der Waals surface area contributed by atoms with Gasteiger partial charge in [0.25, 0.3) is 0 Å². The van der Waals surface area contributed by atoms with Crippen LogP contribution in [0.4, 0.5) is 0 Å². The van der Waals surface area contributed by atoms with Gasteiger partial charge < -0.3 is 9.47 Å². The predicted octanol–water partition coefficient (Wildman–Crippen LogP) is 1.82. The van der Waals surface area contributed by atoms with Crippen LogP contribution in [0.1, 0.15) is 12.0 Å². The van der Waals surface area contributed by atoms with Gasteiger partial charge in [-0.15, -0.1) is 0 Å². The molecule has 0 radical (unpaired) electrons. The Bertz CT molecular complexity index is 702. The predicted molar refractivity (Wildman–Crippen MR) is 74.9 cm³/mol. The van der Waals surface area contributed by atoms with Gasteiger partial charge in [-0.25, -0.2) is 8.42 Å². The molecule has 0 aromatic heterocycles. The molecule has 1 aliphatic carbocycles. The van der Waals surface area contributed by atoms with E-state index in [1.165, 1.54) is 7.11 Å². The van der Waals surface area contributed by atoms with Crippen molar-refractivity contribution in [2.45, 2.75) is 24.5 Å². The molecule has 1 fully saturated rings. The molecule has 0 amide bonds. The van der Waals surface area contributed by atoms with E-state index in [0.29, 0.717) is 0 Å². The minimum atomic E-state index is -3.55. The van der Waals surface area contributed by atoms with Gasteiger partial charge in [-0.05, 0) is 25.5 Å². The highest BCUT2D eigenvalue weighted by molar-refractivity contribution is 7.95. The molecular formula is C15H16O5S. The summed E-state index contributed by atoms with van der Waals surface area (Å²) in [5, 5.41) is 0. The second-order valence-electron chi connectivity index (χ2n) is 5.38. The van der Waals surface area contributed by atoms with E-state index in [4.69, 9.17) is 9.47 Å². The molecule has 21 heavy (non-hydrogen) atoms. The number of cyclic esters (lactones) is 1. The highest BCUT2D eigenvalue weighted by Crippen LogP contribution is 2.43. The maximum absolute atomic E-state index is 12.6. The van der Waals surface area contributed by atoms with Crippen LogP contribution in [0.15, 0.2) is 40.1 Å². The fourth-order valence-electron chi connectivity index (χ4n) is 2.81. The molecule has 0 saturated carbocycles. The van der Waals surface area contributed by atoms with Gasteiger partial charge in [0.2, 0.25) is 16.1 Å². The molecule has 2 aliphatic rings. The van der Waals surface area contributed by atoms with E-state index in [1.807, 2.05) is 6.92 Å². The van der Waals surface area contributed by atoms with Crippen molar-refractivity contribution in [3.63, 3.8) is 0 Å². The van der Waals surface area contributed by atoms with Crippen LogP contribution in [0.25, 0.3) is 0 Å². The first-order valence-corrected chi connectivity index (χ1v) is 8.17. The quantitative estimate of drug-likeness (QED) is 0.797. The van der Waals surface area contributed by atoms with Crippen LogP contribution < -0.4 is 0 Å². The Morgan fingerprint density at radius 2 is 1.90 bits per heavy atom. The van der Waals surface area contributed by atoms with Crippen LogP contribution in [0.5, 0.6) is 0 Å². The smallest absolute Gasteiger partial charge is 0.312 e. The lowest BCUT2D eigenvalue weighted by Gasteiger charge is -2.11. The van der Waals surface area contributed by atoms with Crippen molar-refractivity contribution in [1.29, 1.82) is 0 Å². The van der Waals surface area contributed by atoms with E-state index in [-0.39, 0.29) is 22.1 Å². The fraction of sp³-hybridized carbons (Fsp3) is 0.400. The number of aryl methyl sites for hydroxylation is 1. The van der Waals surface area contributed by atoms with Gasteiger partial charge in [0.05, 0.1) is 16.7 Å². The zero-order chi connectivity index (χ0) is 15.2. The third-order valence-corrected chi connectivity index (χ3v) is 5.91. The molecule has 1 saturated heterocycles. The van der Waals surface area contributed by atoms with Gasteiger partial charge in [-0.2, -0.15) is 0 Å². The number of ether oxygens (including phenoxy) is 2. The van der Waals surface area contributed by atoms with Gasteiger partial charge in [0.15, 0.2) is 0 Å². The van der Waals surface area contributed by atoms with Gasteiger partial charge in [0, 0.05) is 12.0 Å². The van der Waals surface area contributed by atoms with Crippen molar-refractivity contribution < 1.29 is 22.7 Å². The Morgan fingerprint density at radius 1 is 1.24 bits per heavy atom. The molecule has 3 rings (SSSR count). The van der Waals surface area contributed by atoms with Crippen molar-refractivity contribution in [3.05, 3.63) is 40.8 Å². The number of sulfone groups is 1. The van der Waals surface area contributed by atoms with E-state index in [1.54, 1.807) is 30.3 Å². The summed E-state index contributed by atoms with van der Waals surface area (Å²) in [4.78, 5) is 12.3. The van der Waals surface area contributed by atoms with Gasteiger partial charge >= 0.3 is 5.97 Å². The summed E-state index contributed by atoms with van der Waals surface area (Å²) < 4.78 is 35.4. The second kappa shape index (κ2) is 4.96. The summed E-state index contributed by atoms with van der Waals surface area (Å²) >= 11 is 0. The van der Waals surface area contributed by atoms with Crippen LogP contribution in [-0.4, -0.2) is 27.8 Å². The molecule has 0 unspecified atom stereocenters. The van der Waals surface area contributed by atoms with E-state index in [9.17, 15) is 13.2 Å². The molecule has 1 heterocycles. The molecule has 1 aromatic carbocycles. The summed E-state index contributed by atoms with van der Waals surface area (Å²) in [6.07, 6.45) is 1.10. The molecule has 3 atom stereocenters. The van der Waals surface area contributed by atoms with Crippen molar-refractivity contribution in [3.8, 4) is 0 Å². The van der Waals surface area contributed by atoms with Crippen LogP contribution >= 0.6 is 0 Å². The minimum absolute atomic E-state index is 0.180. The summed E-state index contributed by atoms with van der Waals surface area (Å²) in [6, 6.07) is 6.70. The van der Waals surface area contributed by atoms with Crippen LogP contribution in [-0.2, 0) is 24.1 Å². The SMILES string of the molecule is CO[C@@H]1OC(=O)[C@H]2CC(S(=O)(=O)c3ccc(C)cc3)=C[C@@H]12. The Labute approximate surface area is 123 Å². The van der Waals surface area contributed by atoms with E-state index >= 15 is 0 Å². The van der Waals surface area contributed by atoms with Crippen LogP contribution in [0, 0.1) is 18.8 Å². The normalized spacial score (nSPS) is 28.2. The Kier molecular flexibility index (Phi) is 3.37. The lowest BCUT2D eigenvalue weighted by Crippen LogP contribution is -2.17. The number of carbonyl (C=O) groups is 1. The summed E-state index contributed by atoms with van der Waals surface area (Å²) in [7, 11) is -2.11. The number of hydrogen-bond donors (Lipinski definition) is 0. The largest absolute Gasteiger partial charge is 0.435 e. The number of rotatable bonds is 3. The third-order valence-electron chi connectivity index (χ3n) is 4.02. The molecule has 1 aromatic rings. The first kappa shape index (κ1) is 14.3. The minimum Gasteiger partial charge on any atom is -0.435 e. The Hall–Kier alpha value is -1.66. The fourth-order valence-corrected chi connectivity index (χ4v) is 4.35. The van der Waals surface area contributed by atoms with Crippen molar-refractivity contribution in [2.24, 2.45) is 11.8 Å².